The maximum absolute atomic E-state index is 12.8. The molecule has 2 aromatic heterocycles. The van der Waals surface area contributed by atoms with Crippen molar-refractivity contribution in [3.63, 3.8) is 0 Å². The molecule has 27 heavy (non-hydrogen) atoms. The standard InChI is InChI=1S/C14H15FN6O.CHF3O/c1-9(14(22)21-3-2-4-21)20-12-5-11(18-8-19-12)13-16-6-10(15)7-17-13;2-1(3,4)5/h5-9H,2-4H2,1H3,(H,18,19,20);5H/t9-;/m1./s1. The van der Waals surface area contributed by atoms with E-state index < -0.39 is 12.2 Å². The second-order valence-corrected chi connectivity index (χ2v) is 5.53. The van der Waals surface area contributed by atoms with Crippen LogP contribution in [0.25, 0.3) is 11.5 Å². The maximum Gasteiger partial charge on any atom is 0.519 e. The number of rotatable bonds is 4. The van der Waals surface area contributed by atoms with Crippen LogP contribution in [-0.4, -0.2) is 61.3 Å². The highest BCUT2D eigenvalue weighted by atomic mass is 19.4. The lowest BCUT2D eigenvalue weighted by Gasteiger charge is -2.33. The van der Waals surface area contributed by atoms with Crippen LogP contribution >= 0.6 is 0 Å². The summed E-state index contributed by atoms with van der Waals surface area (Å²) >= 11 is 0. The topological polar surface area (TPSA) is 104 Å². The number of anilines is 1. The molecule has 8 nitrogen and oxygen atoms in total. The Kier molecular flexibility index (Phi) is 6.55. The predicted octanol–water partition coefficient (Wildman–Crippen LogP) is 1.60. The maximum atomic E-state index is 12.8. The fourth-order valence-electron chi connectivity index (χ4n) is 2.10. The summed E-state index contributed by atoms with van der Waals surface area (Å²) in [7, 11) is 0. The summed E-state index contributed by atoms with van der Waals surface area (Å²) < 4.78 is 42.6. The van der Waals surface area contributed by atoms with Gasteiger partial charge in [0, 0.05) is 19.2 Å². The highest BCUT2D eigenvalue weighted by Crippen LogP contribution is 2.16. The van der Waals surface area contributed by atoms with Gasteiger partial charge in [0.2, 0.25) is 5.91 Å². The third-order valence-electron chi connectivity index (χ3n) is 3.42. The minimum absolute atomic E-state index is 0.0458. The zero-order valence-electron chi connectivity index (χ0n) is 14.1. The molecular formula is C15H16F4N6O2. The number of hydrogen-bond acceptors (Lipinski definition) is 7. The van der Waals surface area contributed by atoms with E-state index in [1.165, 1.54) is 6.33 Å². The van der Waals surface area contributed by atoms with Gasteiger partial charge in [-0.05, 0) is 13.3 Å². The summed E-state index contributed by atoms with van der Waals surface area (Å²) in [5.41, 5.74) is 0.459. The summed E-state index contributed by atoms with van der Waals surface area (Å²) in [5, 5.41) is 9.56. The number of alkyl halides is 3. The number of likely N-dealkylation sites (tertiary alicyclic amines) is 1. The van der Waals surface area contributed by atoms with Gasteiger partial charge in [-0.25, -0.2) is 24.3 Å². The minimum Gasteiger partial charge on any atom is -0.359 e. The van der Waals surface area contributed by atoms with Crippen LogP contribution in [0.15, 0.2) is 24.8 Å². The first-order valence-electron chi connectivity index (χ1n) is 7.78. The Balaban J connectivity index is 0.000000465. The van der Waals surface area contributed by atoms with Crippen LogP contribution in [0.1, 0.15) is 13.3 Å². The monoisotopic (exact) mass is 388 g/mol. The van der Waals surface area contributed by atoms with E-state index in [0.717, 1.165) is 31.9 Å². The number of aliphatic hydroxyl groups is 1. The fraction of sp³-hybridized carbons (Fsp3) is 0.400. The highest BCUT2D eigenvalue weighted by molar-refractivity contribution is 5.84. The average molecular weight is 388 g/mol. The van der Waals surface area contributed by atoms with E-state index in [4.69, 9.17) is 5.11 Å². The molecule has 3 heterocycles. The predicted molar refractivity (Wildman–Crippen MR) is 85.6 cm³/mol. The first kappa shape index (κ1) is 20.4. The van der Waals surface area contributed by atoms with Gasteiger partial charge in [0.25, 0.3) is 0 Å². The minimum atomic E-state index is -5.00. The molecule has 1 fully saturated rings. The zero-order chi connectivity index (χ0) is 20.0. The fourth-order valence-corrected chi connectivity index (χ4v) is 2.10. The van der Waals surface area contributed by atoms with Crippen molar-refractivity contribution in [3.05, 3.63) is 30.6 Å². The van der Waals surface area contributed by atoms with Gasteiger partial charge in [-0.3, -0.25) is 4.79 Å². The molecule has 1 amide bonds. The third-order valence-corrected chi connectivity index (χ3v) is 3.42. The van der Waals surface area contributed by atoms with E-state index in [1.54, 1.807) is 17.9 Å². The van der Waals surface area contributed by atoms with Crippen molar-refractivity contribution in [1.82, 2.24) is 24.8 Å². The summed E-state index contributed by atoms with van der Waals surface area (Å²) in [5.74, 6) is 0.335. The molecule has 12 heteroatoms. The van der Waals surface area contributed by atoms with Crippen LogP contribution < -0.4 is 5.32 Å². The zero-order valence-corrected chi connectivity index (χ0v) is 14.1. The number of amides is 1. The second kappa shape index (κ2) is 8.66. The molecule has 0 bridgehead atoms. The van der Waals surface area contributed by atoms with Crippen LogP contribution in [0.5, 0.6) is 0 Å². The van der Waals surface area contributed by atoms with Gasteiger partial charge in [-0.1, -0.05) is 0 Å². The average Bonchev–Trinajstić information content (AvgIpc) is 2.52. The number of carbonyl (C=O) groups is 1. The number of nitrogens with zero attached hydrogens (tertiary/aromatic N) is 5. The van der Waals surface area contributed by atoms with Crippen LogP contribution in [0.4, 0.5) is 23.4 Å². The summed E-state index contributed by atoms with van der Waals surface area (Å²) in [6, 6.07) is 1.25. The first-order chi connectivity index (χ1) is 12.6. The van der Waals surface area contributed by atoms with Crippen LogP contribution in [0, 0.1) is 5.82 Å². The largest absolute Gasteiger partial charge is 0.519 e. The van der Waals surface area contributed by atoms with Gasteiger partial charge < -0.3 is 15.3 Å². The Morgan fingerprint density at radius 3 is 2.33 bits per heavy atom. The lowest BCUT2D eigenvalue weighted by molar-refractivity contribution is -0.295. The summed E-state index contributed by atoms with van der Waals surface area (Å²) in [4.78, 5) is 29.8. The molecule has 2 N–H and O–H groups in total. The number of carbonyl (C=O) groups excluding carboxylic acids is 1. The van der Waals surface area contributed by atoms with Gasteiger partial charge in [-0.2, -0.15) is 0 Å². The van der Waals surface area contributed by atoms with Crippen LogP contribution in [-0.2, 0) is 4.79 Å². The number of aromatic nitrogens is 4. The molecule has 0 aliphatic carbocycles. The molecule has 1 aliphatic heterocycles. The van der Waals surface area contributed by atoms with E-state index in [2.05, 4.69) is 25.3 Å². The number of nitrogens with one attached hydrogen (secondary N) is 1. The van der Waals surface area contributed by atoms with E-state index >= 15 is 0 Å². The molecule has 0 saturated carbocycles. The van der Waals surface area contributed by atoms with Crippen LogP contribution in [0.2, 0.25) is 0 Å². The Morgan fingerprint density at radius 2 is 1.81 bits per heavy atom. The summed E-state index contributed by atoms with van der Waals surface area (Å²) in [6.45, 7) is 3.41. The van der Waals surface area contributed by atoms with Crippen molar-refractivity contribution in [2.24, 2.45) is 0 Å². The molecule has 3 rings (SSSR count). The van der Waals surface area contributed by atoms with Gasteiger partial charge in [-0.15, -0.1) is 13.2 Å². The van der Waals surface area contributed by atoms with Gasteiger partial charge in [0.05, 0.1) is 12.4 Å². The molecule has 1 aliphatic rings. The molecular weight excluding hydrogens is 372 g/mol. The van der Waals surface area contributed by atoms with E-state index in [1.807, 2.05) is 0 Å². The Bertz CT molecular complexity index is 762. The highest BCUT2D eigenvalue weighted by Gasteiger charge is 2.25. The van der Waals surface area contributed by atoms with E-state index in [-0.39, 0.29) is 11.9 Å². The molecule has 1 saturated heterocycles. The van der Waals surface area contributed by atoms with Crippen molar-refractivity contribution in [3.8, 4) is 11.5 Å². The molecule has 0 unspecified atom stereocenters. The lowest BCUT2D eigenvalue weighted by Crippen LogP contribution is -2.48. The Morgan fingerprint density at radius 1 is 1.22 bits per heavy atom. The Hall–Kier alpha value is -2.89. The van der Waals surface area contributed by atoms with E-state index in [9.17, 15) is 22.4 Å². The van der Waals surface area contributed by atoms with Crippen molar-refractivity contribution >= 4 is 11.7 Å². The first-order valence-corrected chi connectivity index (χ1v) is 7.78. The van der Waals surface area contributed by atoms with Gasteiger partial charge in [0.1, 0.15) is 23.9 Å². The molecule has 2 aromatic rings. The van der Waals surface area contributed by atoms with Gasteiger partial charge in [0.15, 0.2) is 11.6 Å². The molecule has 1 atom stereocenters. The summed E-state index contributed by atoms with van der Waals surface area (Å²) in [6.07, 6.45) is -0.440. The van der Waals surface area contributed by atoms with Crippen molar-refractivity contribution < 1.29 is 27.5 Å². The number of halogens is 4. The molecule has 0 radical (unpaired) electrons. The quantitative estimate of drug-likeness (QED) is 0.767. The normalized spacial score (nSPS) is 14.5. The lowest BCUT2D eigenvalue weighted by atomic mass is 10.2. The second-order valence-electron chi connectivity index (χ2n) is 5.53. The smallest absolute Gasteiger partial charge is 0.359 e. The van der Waals surface area contributed by atoms with Crippen molar-refractivity contribution in [2.75, 3.05) is 18.4 Å². The van der Waals surface area contributed by atoms with Crippen molar-refractivity contribution in [2.45, 2.75) is 25.7 Å². The Labute approximate surface area is 151 Å². The molecule has 146 valence electrons. The van der Waals surface area contributed by atoms with Gasteiger partial charge >= 0.3 is 6.36 Å². The van der Waals surface area contributed by atoms with E-state index in [0.29, 0.717) is 17.3 Å². The van der Waals surface area contributed by atoms with Crippen molar-refractivity contribution in [1.29, 1.82) is 0 Å². The molecule has 0 aromatic carbocycles. The SMILES string of the molecule is C[C@@H](Nc1cc(-c2ncc(F)cn2)ncn1)C(=O)N1CCC1.OC(F)(F)F. The third kappa shape index (κ3) is 6.73. The molecule has 0 spiro atoms. The number of hydrogen-bond donors (Lipinski definition) is 2. The van der Waals surface area contributed by atoms with Crippen LogP contribution in [0.3, 0.4) is 0 Å².